The van der Waals surface area contributed by atoms with Gasteiger partial charge in [0.25, 0.3) is 0 Å². The fraction of sp³-hybridized carbons (Fsp3) is 0.0820. The summed E-state index contributed by atoms with van der Waals surface area (Å²) in [4.78, 5) is 5.04. The molecule has 1 aromatic heterocycles. The van der Waals surface area contributed by atoms with Crippen molar-refractivity contribution in [3.63, 3.8) is 0 Å². The van der Waals surface area contributed by atoms with E-state index in [9.17, 15) is 0 Å². The van der Waals surface area contributed by atoms with Crippen molar-refractivity contribution in [1.29, 1.82) is 0 Å². The Morgan fingerprint density at radius 2 is 1.18 bits per heavy atom. The van der Waals surface area contributed by atoms with Crippen LogP contribution in [0.4, 0.5) is 28.4 Å². The predicted molar refractivity (Wildman–Crippen MR) is 277 cm³/mol. The van der Waals surface area contributed by atoms with E-state index >= 15 is 0 Å². The molecule has 0 saturated carbocycles. The number of para-hydroxylation sites is 3. The minimum Gasteiger partial charge on any atom is -0.458 e. The zero-order valence-corrected chi connectivity index (χ0v) is 37.1. The third-order valence-electron chi connectivity index (χ3n) is 14.7. The smallest absolute Gasteiger partial charge is 0.247 e. The maximum atomic E-state index is 6.64. The Bertz CT molecular complexity index is 3560. The Hall–Kier alpha value is -7.60. The second kappa shape index (κ2) is 14.7. The molecule has 0 unspecified atom stereocenters. The molecule has 312 valence electrons. The Morgan fingerprint density at radius 1 is 0.485 bits per heavy atom. The zero-order chi connectivity index (χ0) is 43.3. The fourth-order valence-electron chi connectivity index (χ4n) is 12.1. The lowest BCUT2D eigenvalue weighted by Crippen LogP contribution is -2.65. The van der Waals surface area contributed by atoms with Gasteiger partial charge in [-0.25, -0.2) is 0 Å². The molecule has 4 aliphatic rings. The van der Waals surface area contributed by atoms with E-state index in [-0.39, 0.29) is 6.71 Å². The van der Waals surface area contributed by atoms with E-state index in [0.717, 1.165) is 54.3 Å². The van der Waals surface area contributed by atoms with Crippen LogP contribution in [0.5, 0.6) is 5.75 Å². The van der Waals surface area contributed by atoms with Crippen LogP contribution in [-0.2, 0) is 5.41 Å². The summed E-state index contributed by atoms with van der Waals surface area (Å²) in [5, 5.41) is 2.64. The van der Waals surface area contributed by atoms with Crippen molar-refractivity contribution in [1.82, 2.24) is 0 Å². The molecule has 0 amide bonds. The molecule has 10 aromatic rings. The highest BCUT2D eigenvalue weighted by Crippen LogP contribution is 2.52. The van der Waals surface area contributed by atoms with Crippen LogP contribution in [0.15, 0.2) is 224 Å². The molecule has 0 fully saturated rings. The second-order valence-corrected chi connectivity index (χ2v) is 19.2. The van der Waals surface area contributed by atoms with Crippen LogP contribution < -0.4 is 30.9 Å². The van der Waals surface area contributed by atoms with Gasteiger partial charge in [-0.05, 0) is 112 Å². The lowest BCUT2D eigenvalue weighted by molar-refractivity contribution is 0.363. The molecule has 4 heterocycles. The van der Waals surface area contributed by atoms with Gasteiger partial charge in [-0.3, -0.25) is 0 Å². The summed E-state index contributed by atoms with van der Waals surface area (Å²) in [6.45, 7) is -0.0428. The van der Waals surface area contributed by atoms with E-state index < -0.39 is 5.41 Å². The molecule has 9 aromatic carbocycles. The predicted octanol–water partition coefficient (Wildman–Crippen LogP) is 14.0. The van der Waals surface area contributed by atoms with Gasteiger partial charge in [0.05, 0.1) is 16.8 Å². The molecule has 0 bridgehead atoms. The molecule has 0 atom stereocenters. The van der Waals surface area contributed by atoms with Gasteiger partial charge in [0, 0.05) is 49.3 Å². The molecule has 14 rings (SSSR count). The van der Waals surface area contributed by atoms with E-state index in [4.69, 9.17) is 4.74 Å². The Kier molecular flexibility index (Phi) is 8.42. The van der Waals surface area contributed by atoms with Gasteiger partial charge < -0.3 is 14.5 Å². The number of hydrogen-bond donors (Lipinski definition) is 0. The van der Waals surface area contributed by atoms with Crippen molar-refractivity contribution in [2.45, 2.75) is 31.1 Å². The monoisotopic (exact) mass is 862 g/mol. The first-order valence-corrected chi connectivity index (χ1v) is 24.1. The Balaban J connectivity index is 1.08. The van der Waals surface area contributed by atoms with Crippen molar-refractivity contribution in [2.75, 3.05) is 9.80 Å². The fourth-order valence-corrected chi connectivity index (χ4v) is 13.3. The standard InChI is InChI=1S/C61H43BN2OS/c1-4-18-41(19-5-1)61(42-20-6-2-7-21-42)48-36-34-40(45-25-16-26-47-46-24-10-15-33-58(46)66-60(45)47)38-51(48)62-50-37-35-44(64-52-28-11-13-31-56(52)65-57-32-14-12-29-53(57)64)39-55(50)63(43-22-8-3-9-23-43)54-30-17-27-49(61)59(54)62/h1-11,13,15-28,30-31,33-39H,12,14,29,32H2. The lowest BCUT2D eigenvalue weighted by Gasteiger charge is -2.48. The number of ether oxygens (including phenoxy) is 1. The summed E-state index contributed by atoms with van der Waals surface area (Å²) >= 11 is 1.90. The quantitative estimate of drug-likeness (QED) is 0.160. The van der Waals surface area contributed by atoms with Gasteiger partial charge in [-0.2, -0.15) is 0 Å². The van der Waals surface area contributed by atoms with Crippen molar-refractivity contribution in [3.8, 4) is 16.9 Å². The van der Waals surface area contributed by atoms with E-state index in [1.54, 1.807) is 0 Å². The SMILES string of the molecule is c1ccc(N2c3cc(N4C5=C(CCCC5)Oc5ccccc54)ccc3B3c4cc(-c5cccc6c5sc5ccccc56)ccc4C(c4ccccc4)(c4ccccc4)c4cccc2c43)cc1. The van der Waals surface area contributed by atoms with Crippen LogP contribution in [0.25, 0.3) is 31.3 Å². The maximum absolute atomic E-state index is 6.64. The number of nitrogens with zero attached hydrogens (tertiary/aromatic N) is 2. The summed E-state index contributed by atoms with van der Waals surface area (Å²) in [6, 6.07) is 79.6. The van der Waals surface area contributed by atoms with Gasteiger partial charge >= 0.3 is 0 Å². The van der Waals surface area contributed by atoms with E-state index in [1.807, 2.05) is 11.3 Å². The first-order chi connectivity index (χ1) is 32.8. The molecule has 5 heteroatoms. The van der Waals surface area contributed by atoms with Crippen LogP contribution in [-0.4, -0.2) is 6.71 Å². The molecule has 0 spiro atoms. The summed E-state index contributed by atoms with van der Waals surface area (Å²) in [5.74, 6) is 2.03. The second-order valence-electron chi connectivity index (χ2n) is 18.1. The topological polar surface area (TPSA) is 15.7 Å². The normalized spacial score (nSPS) is 15.4. The largest absolute Gasteiger partial charge is 0.458 e. The number of thiophene rings is 1. The van der Waals surface area contributed by atoms with Crippen LogP contribution >= 0.6 is 11.3 Å². The van der Waals surface area contributed by atoms with E-state index in [2.05, 4.69) is 222 Å². The van der Waals surface area contributed by atoms with Gasteiger partial charge in [-0.15, -0.1) is 11.3 Å². The summed E-state index contributed by atoms with van der Waals surface area (Å²) in [5.41, 5.74) is 18.2. The first kappa shape index (κ1) is 37.7. The Labute approximate surface area is 389 Å². The molecular formula is C61H43BN2OS. The van der Waals surface area contributed by atoms with Gasteiger partial charge in [0.15, 0.2) is 5.75 Å². The van der Waals surface area contributed by atoms with Gasteiger partial charge in [0.2, 0.25) is 6.71 Å². The van der Waals surface area contributed by atoms with Crippen LogP contribution in [0.1, 0.15) is 47.9 Å². The van der Waals surface area contributed by atoms with Crippen LogP contribution in [0.3, 0.4) is 0 Å². The van der Waals surface area contributed by atoms with Crippen LogP contribution in [0, 0.1) is 0 Å². The summed E-state index contributed by atoms with van der Waals surface area (Å²) in [6.07, 6.45) is 4.24. The molecule has 0 radical (unpaired) electrons. The minimum absolute atomic E-state index is 0.0428. The average Bonchev–Trinajstić information content (AvgIpc) is 3.77. The van der Waals surface area contributed by atoms with Crippen molar-refractivity contribution in [3.05, 3.63) is 246 Å². The number of fused-ring (bicyclic) bond motifs is 8. The highest BCUT2D eigenvalue weighted by Gasteiger charge is 2.51. The lowest BCUT2D eigenvalue weighted by atomic mass is 9.29. The molecule has 3 aliphatic heterocycles. The van der Waals surface area contributed by atoms with E-state index in [1.165, 1.54) is 87.0 Å². The van der Waals surface area contributed by atoms with Gasteiger partial charge in [-0.1, -0.05) is 169 Å². The van der Waals surface area contributed by atoms with Crippen LogP contribution in [0.2, 0.25) is 0 Å². The van der Waals surface area contributed by atoms with Crippen molar-refractivity contribution < 1.29 is 4.74 Å². The van der Waals surface area contributed by atoms with E-state index in [0.29, 0.717) is 0 Å². The maximum Gasteiger partial charge on any atom is 0.247 e. The summed E-state index contributed by atoms with van der Waals surface area (Å²) in [7, 11) is 0. The number of allylic oxidation sites excluding steroid dienone is 2. The molecule has 0 N–H and O–H groups in total. The first-order valence-electron chi connectivity index (χ1n) is 23.3. The number of rotatable bonds is 5. The number of anilines is 5. The third-order valence-corrected chi connectivity index (χ3v) is 16.0. The van der Waals surface area contributed by atoms with Crippen molar-refractivity contribution >= 4 is 83.0 Å². The van der Waals surface area contributed by atoms with Gasteiger partial charge in [0.1, 0.15) is 5.76 Å². The highest BCUT2D eigenvalue weighted by atomic mass is 32.1. The molecule has 3 nitrogen and oxygen atoms in total. The molecular weight excluding hydrogens is 820 g/mol. The third kappa shape index (κ3) is 5.38. The molecule has 1 aliphatic carbocycles. The highest BCUT2D eigenvalue weighted by molar-refractivity contribution is 7.26. The van der Waals surface area contributed by atoms with Crippen molar-refractivity contribution in [2.24, 2.45) is 0 Å². The zero-order valence-electron chi connectivity index (χ0n) is 36.3. The number of hydrogen-bond acceptors (Lipinski definition) is 4. The average molecular weight is 863 g/mol. The molecule has 0 saturated heterocycles. The minimum atomic E-state index is -0.594. The molecule has 66 heavy (non-hydrogen) atoms. The summed E-state index contributed by atoms with van der Waals surface area (Å²) < 4.78 is 9.30. The Morgan fingerprint density at radius 3 is 2.02 bits per heavy atom. The number of benzene rings is 9.